The number of H-pyrrole nitrogens is 1. The highest BCUT2D eigenvalue weighted by Crippen LogP contribution is 2.23. The monoisotopic (exact) mass is 259 g/mol. The number of benzene rings is 1. The van der Waals surface area contributed by atoms with Gasteiger partial charge in [-0.25, -0.2) is 4.98 Å². The Bertz CT molecular complexity index is 516. The van der Waals surface area contributed by atoms with Gasteiger partial charge in [-0.2, -0.15) is 0 Å². The molecule has 1 atom stereocenters. The highest BCUT2D eigenvalue weighted by molar-refractivity contribution is 5.59. The fourth-order valence-electron chi connectivity index (χ4n) is 1.87. The number of aromatic amines is 1. The van der Waals surface area contributed by atoms with Crippen LogP contribution in [0.4, 0.5) is 0 Å². The van der Waals surface area contributed by atoms with E-state index in [9.17, 15) is 0 Å². The van der Waals surface area contributed by atoms with Crippen LogP contribution in [-0.4, -0.2) is 16.6 Å². The first-order valence-electron chi connectivity index (χ1n) is 6.65. The standard InChI is InChI=1S/C15H21N3O/c1-4-19-12-7-5-11(6-8-12)13-9-17-15(18-13)14(16)10(2)3/h5-10,14H,4,16H2,1-3H3,(H,17,18). The van der Waals surface area contributed by atoms with E-state index < -0.39 is 0 Å². The molecule has 1 aromatic heterocycles. The first kappa shape index (κ1) is 13.6. The van der Waals surface area contributed by atoms with Gasteiger partial charge in [0.15, 0.2) is 0 Å². The van der Waals surface area contributed by atoms with E-state index in [1.807, 2.05) is 37.4 Å². The number of nitrogens with one attached hydrogen (secondary N) is 1. The van der Waals surface area contributed by atoms with E-state index in [0.717, 1.165) is 22.8 Å². The minimum Gasteiger partial charge on any atom is -0.494 e. The number of hydrogen-bond acceptors (Lipinski definition) is 3. The molecule has 0 fully saturated rings. The van der Waals surface area contributed by atoms with Crippen LogP contribution >= 0.6 is 0 Å². The molecule has 4 heteroatoms. The minimum atomic E-state index is -0.0588. The van der Waals surface area contributed by atoms with Crippen molar-refractivity contribution in [2.24, 2.45) is 11.7 Å². The Morgan fingerprint density at radius 1 is 1.26 bits per heavy atom. The molecule has 0 spiro atoms. The van der Waals surface area contributed by atoms with Crippen molar-refractivity contribution in [1.82, 2.24) is 9.97 Å². The van der Waals surface area contributed by atoms with Crippen LogP contribution in [0.15, 0.2) is 30.5 Å². The Hall–Kier alpha value is -1.81. The lowest BCUT2D eigenvalue weighted by atomic mass is 10.1. The summed E-state index contributed by atoms with van der Waals surface area (Å²) in [7, 11) is 0. The maximum absolute atomic E-state index is 6.08. The van der Waals surface area contributed by atoms with Crippen molar-refractivity contribution in [2.45, 2.75) is 26.8 Å². The van der Waals surface area contributed by atoms with Gasteiger partial charge in [-0.05, 0) is 42.7 Å². The van der Waals surface area contributed by atoms with E-state index in [4.69, 9.17) is 10.5 Å². The van der Waals surface area contributed by atoms with E-state index in [1.165, 1.54) is 0 Å². The summed E-state index contributed by atoms with van der Waals surface area (Å²) in [5, 5.41) is 0. The average molecular weight is 259 g/mol. The zero-order valence-electron chi connectivity index (χ0n) is 11.7. The summed E-state index contributed by atoms with van der Waals surface area (Å²) in [5.74, 6) is 2.07. The van der Waals surface area contributed by atoms with E-state index in [0.29, 0.717) is 12.5 Å². The Morgan fingerprint density at radius 3 is 2.53 bits per heavy atom. The topological polar surface area (TPSA) is 63.9 Å². The number of rotatable bonds is 5. The number of nitrogens with zero attached hydrogens (tertiary/aromatic N) is 1. The van der Waals surface area contributed by atoms with Gasteiger partial charge >= 0.3 is 0 Å². The molecule has 102 valence electrons. The Balaban J connectivity index is 2.18. The minimum absolute atomic E-state index is 0.0588. The van der Waals surface area contributed by atoms with E-state index in [-0.39, 0.29) is 6.04 Å². The van der Waals surface area contributed by atoms with Crippen LogP contribution in [0.3, 0.4) is 0 Å². The smallest absolute Gasteiger partial charge is 0.123 e. The lowest BCUT2D eigenvalue weighted by Gasteiger charge is -2.12. The summed E-state index contributed by atoms with van der Waals surface area (Å²) in [4.78, 5) is 7.65. The first-order valence-corrected chi connectivity index (χ1v) is 6.65. The fraction of sp³-hybridized carbons (Fsp3) is 0.400. The zero-order chi connectivity index (χ0) is 13.8. The van der Waals surface area contributed by atoms with E-state index >= 15 is 0 Å². The molecule has 2 aromatic rings. The SMILES string of the molecule is CCOc1ccc(-c2cnc(C(N)C(C)C)[nH]2)cc1. The third kappa shape index (κ3) is 3.15. The van der Waals surface area contributed by atoms with Gasteiger partial charge < -0.3 is 15.5 Å². The highest BCUT2D eigenvalue weighted by Gasteiger charge is 2.14. The molecule has 0 aliphatic carbocycles. The van der Waals surface area contributed by atoms with Gasteiger partial charge in [-0.3, -0.25) is 0 Å². The van der Waals surface area contributed by atoms with Gasteiger partial charge in [0.05, 0.1) is 24.5 Å². The third-order valence-corrected chi connectivity index (χ3v) is 3.11. The van der Waals surface area contributed by atoms with Crippen molar-refractivity contribution in [3.63, 3.8) is 0 Å². The van der Waals surface area contributed by atoms with E-state index in [1.54, 1.807) is 0 Å². The van der Waals surface area contributed by atoms with Gasteiger partial charge in [0.2, 0.25) is 0 Å². The number of ether oxygens (including phenoxy) is 1. The van der Waals surface area contributed by atoms with Crippen molar-refractivity contribution in [3.05, 3.63) is 36.3 Å². The molecule has 1 unspecified atom stereocenters. The molecular formula is C15H21N3O. The van der Waals surface area contributed by atoms with Crippen molar-refractivity contribution in [2.75, 3.05) is 6.61 Å². The number of imidazole rings is 1. The molecule has 0 radical (unpaired) electrons. The molecule has 4 nitrogen and oxygen atoms in total. The lowest BCUT2D eigenvalue weighted by molar-refractivity contribution is 0.340. The summed E-state index contributed by atoms with van der Waals surface area (Å²) in [5.41, 5.74) is 8.14. The molecule has 0 aliphatic heterocycles. The molecule has 19 heavy (non-hydrogen) atoms. The van der Waals surface area contributed by atoms with Crippen molar-refractivity contribution in [1.29, 1.82) is 0 Å². The van der Waals surface area contributed by atoms with Gasteiger partial charge in [0.25, 0.3) is 0 Å². The van der Waals surface area contributed by atoms with Gasteiger partial charge in [0, 0.05) is 0 Å². The molecule has 1 aromatic carbocycles. The van der Waals surface area contributed by atoms with Gasteiger partial charge in [-0.1, -0.05) is 13.8 Å². The fourth-order valence-corrected chi connectivity index (χ4v) is 1.87. The molecule has 0 saturated carbocycles. The summed E-state index contributed by atoms with van der Waals surface area (Å²) in [6.45, 7) is 6.83. The van der Waals surface area contributed by atoms with Gasteiger partial charge in [0.1, 0.15) is 11.6 Å². The highest BCUT2D eigenvalue weighted by atomic mass is 16.5. The average Bonchev–Trinajstić information content (AvgIpc) is 2.88. The predicted molar refractivity (Wildman–Crippen MR) is 77.0 cm³/mol. The van der Waals surface area contributed by atoms with Crippen LogP contribution < -0.4 is 10.5 Å². The molecule has 1 heterocycles. The van der Waals surface area contributed by atoms with Crippen LogP contribution in [0.5, 0.6) is 5.75 Å². The second kappa shape index (κ2) is 5.89. The third-order valence-electron chi connectivity index (χ3n) is 3.11. The lowest BCUT2D eigenvalue weighted by Crippen LogP contribution is -2.18. The normalized spacial score (nSPS) is 12.7. The number of aromatic nitrogens is 2. The van der Waals surface area contributed by atoms with Crippen molar-refractivity contribution in [3.8, 4) is 17.0 Å². The summed E-state index contributed by atoms with van der Waals surface area (Å²) in [6, 6.07) is 7.90. The molecule has 0 bridgehead atoms. The Labute approximate surface area is 114 Å². The Kier molecular flexibility index (Phi) is 4.22. The predicted octanol–water partition coefficient (Wildman–Crippen LogP) is 3.13. The number of hydrogen-bond donors (Lipinski definition) is 2. The molecular weight excluding hydrogens is 238 g/mol. The van der Waals surface area contributed by atoms with Crippen LogP contribution in [0.1, 0.15) is 32.6 Å². The maximum atomic E-state index is 6.08. The maximum Gasteiger partial charge on any atom is 0.123 e. The summed E-state index contributed by atoms with van der Waals surface area (Å²) in [6.07, 6.45) is 1.83. The van der Waals surface area contributed by atoms with Crippen molar-refractivity contribution < 1.29 is 4.74 Å². The van der Waals surface area contributed by atoms with Crippen LogP contribution in [0.2, 0.25) is 0 Å². The molecule has 0 saturated heterocycles. The van der Waals surface area contributed by atoms with Crippen LogP contribution in [0, 0.1) is 5.92 Å². The van der Waals surface area contributed by atoms with Crippen molar-refractivity contribution >= 4 is 0 Å². The Morgan fingerprint density at radius 2 is 1.95 bits per heavy atom. The van der Waals surface area contributed by atoms with E-state index in [2.05, 4.69) is 23.8 Å². The second-order valence-electron chi connectivity index (χ2n) is 4.91. The molecule has 3 N–H and O–H groups in total. The first-order chi connectivity index (χ1) is 9.11. The molecule has 2 rings (SSSR count). The second-order valence-corrected chi connectivity index (χ2v) is 4.91. The zero-order valence-corrected chi connectivity index (χ0v) is 11.7. The molecule has 0 aliphatic rings. The summed E-state index contributed by atoms with van der Waals surface area (Å²) >= 11 is 0. The van der Waals surface area contributed by atoms with Crippen LogP contribution in [-0.2, 0) is 0 Å². The van der Waals surface area contributed by atoms with Crippen LogP contribution in [0.25, 0.3) is 11.3 Å². The quantitative estimate of drug-likeness (QED) is 0.867. The summed E-state index contributed by atoms with van der Waals surface area (Å²) < 4.78 is 5.43. The molecule has 0 amide bonds. The largest absolute Gasteiger partial charge is 0.494 e. The number of nitrogens with two attached hydrogens (primary N) is 1. The van der Waals surface area contributed by atoms with Gasteiger partial charge in [-0.15, -0.1) is 0 Å².